The Balaban J connectivity index is 3.30. The van der Waals surface area contributed by atoms with Crippen LogP contribution in [0.5, 0.6) is 0 Å². The van der Waals surface area contributed by atoms with E-state index in [4.69, 9.17) is 0 Å². The van der Waals surface area contributed by atoms with Gasteiger partial charge in [0.1, 0.15) is 5.70 Å². The van der Waals surface area contributed by atoms with E-state index < -0.39 is 0 Å². The SMILES string of the molecule is C=C1C(/N=N\C)=C(C)N=C(SC)C1(C)C. The molecule has 0 saturated carbocycles. The van der Waals surface area contributed by atoms with E-state index in [1.807, 2.05) is 13.2 Å². The van der Waals surface area contributed by atoms with Gasteiger partial charge in [-0.15, -0.1) is 11.8 Å². The fourth-order valence-corrected chi connectivity index (χ4v) is 2.38. The lowest BCUT2D eigenvalue weighted by Crippen LogP contribution is -2.27. The number of nitrogens with zero attached hydrogens (tertiary/aromatic N) is 3. The summed E-state index contributed by atoms with van der Waals surface area (Å²) in [6.45, 7) is 10.3. The van der Waals surface area contributed by atoms with Crippen molar-refractivity contribution in [2.75, 3.05) is 13.3 Å². The highest BCUT2D eigenvalue weighted by Gasteiger charge is 2.34. The van der Waals surface area contributed by atoms with Gasteiger partial charge in [-0.2, -0.15) is 10.2 Å². The predicted octanol–water partition coefficient (Wildman–Crippen LogP) is 3.66. The van der Waals surface area contributed by atoms with Crippen LogP contribution in [0.25, 0.3) is 0 Å². The van der Waals surface area contributed by atoms with Gasteiger partial charge in [-0.1, -0.05) is 6.58 Å². The highest BCUT2D eigenvalue weighted by Crippen LogP contribution is 2.41. The lowest BCUT2D eigenvalue weighted by molar-refractivity contribution is 0.630. The molecular formula is C11H17N3S. The van der Waals surface area contributed by atoms with E-state index in [-0.39, 0.29) is 5.41 Å². The van der Waals surface area contributed by atoms with E-state index in [1.54, 1.807) is 18.8 Å². The van der Waals surface area contributed by atoms with Crippen LogP contribution in [-0.4, -0.2) is 18.3 Å². The molecule has 0 saturated heterocycles. The van der Waals surface area contributed by atoms with Gasteiger partial charge in [0.2, 0.25) is 0 Å². The molecule has 0 amide bonds. The van der Waals surface area contributed by atoms with Gasteiger partial charge in [-0.05, 0) is 32.6 Å². The maximum Gasteiger partial charge on any atom is 0.110 e. The average Bonchev–Trinajstić information content (AvgIpc) is 2.19. The molecule has 15 heavy (non-hydrogen) atoms. The largest absolute Gasteiger partial charge is 0.248 e. The summed E-state index contributed by atoms with van der Waals surface area (Å²) in [5, 5.41) is 8.99. The molecule has 82 valence electrons. The first kappa shape index (κ1) is 12.2. The van der Waals surface area contributed by atoms with Gasteiger partial charge in [-0.3, -0.25) is 0 Å². The van der Waals surface area contributed by atoms with E-state index in [0.717, 1.165) is 22.0 Å². The molecule has 1 rings (SSSR count). The molecule has 0 aromatic carbocycles. The van der Waals surface area contributed by atoms with Crippen LogP contribution in [0.1, 0.15) is 20.8 Å². The van der Waals surface area contributed by atoms with Crippen molar-refractivity contribution in [3.63, 3.8) is 0 Å². The molecule has 0 unspecified atom stereocenters. The van der Waals surface area contributed by atoms with Gasteiger partial charge >= 0.3 is 0 Å². The maximum absolute atomic E-state index is 4.55. The minimum absolute atomic E-state index is 0.136. The Hall–Kier alpha value is -0.900. The highest BCUT2D eigenvalue weighted by molar-refractivity contribution is 8.13. The van der Waals surface area contributed by atoms with E-state index in [1.165, 1.54) is 0 Å². The molecule has 0 atom stereocenters. The zero-order chi connectivity index (χ0) is 11.6. The Labute approximate surface area is 95.5 Å². The molecule has 0 bridgehead atoms. The second-order valence-electron chi connectivity index (χ2n) is 3.96. The van der Waals surface area contributed by atoms with Gasteiger partial charge < -0.3 is 0 Å². The van der Waals surface area contributed by atoms with Crippen LogP contribution in [0.15, 0.2) is 38.8 Å². The summed E-state index contributed by atoms with van der Waals surface area (Å²) in [5.74, 6) is 0. The van der Waals surface area contributed by atoms with Gasteiger partial charge in [0.05, 0.1) is 10.7 Å². The molecule has 0 fully saturated rings. The molecule has 0 aliphatic carbocycles. The predicted molar refractivity (Wildman–Crippen MR) is 67.4 cm³/mol. The van der Waals surface area contributed by atoms with Crippen molar-refractivity contribution in [1.82, 2.24) is 0 Å². The third-order valence-corrected chi connectivity index (χ3v) is 3.57. The number of rotatable bonds is 1. The van der Waals surface area contributed by atoms with Crippen molar-refractivity contribution >= 4 is 16.8 Å². The van der Waals surface area contributed by atoms with Crippen molar-refractivity contribution in [3.05, 3.63) is 23.5 Å². The third kappa shape index (κ3) is 2.04. The molecule has 0 aromatic heterocycles. The van der Waals surface area contributed by atoms with E-state index in [9.17, 15) is 0 Å². The summed E-state index contributed by atoms with van der Waals surface area (Å²) in [6, 6.07) is 0. The standard InChI is InChI=1S/C11H17N3S/c1-7-9(14-12-5)8(2)13-10(15-6)11(7,3)4/h1H2,2-6H3/b14-12-. The summed E-state index contributed by atoms with van der Waals surface area (Å²) in [7, 11) is 1.66. The summed E-state index contributed by atoms with van der Waals surface area (Å²) < 4.78 is 0. The average molecular weight is 223 g/mol. The van der Waals surface area contributed by atoms with E-state index in [0.29, 0.717) is 0 Å². The van der Waals surface area contributed by atoms with Crippen molar-refractivity contribution in [1.29, 1.82) is 0 Å². The fourth-order valence-electron chi connectivity index (χ4n) is 1.52. The van der Waals surface area contributed by atoms with Gasteiger partial charge in [-0.25, -0.2) is 4.99 Å². The summed E-state index contributed by atoms with van der Waals surface area (Å²) in [6.07, 6.45) is 2.04. The van der Waals surface area contributed by atoms with Crippen molar-refractivity contribution in [3.8, 4) is 0 Å². The molecular weight excluding hydrogens is 206 g/mol. The van der Waals surface area contributed by atoms with Crippen LogP contribution < -0.4 is 0 Å². The summed E-state index contributed by atoms with van der Waals surface area (Å²) in [5.41, 5.74) is 2.57. The van der Waals surface area contributed by atoms with Crippen LogP contribution in [0.4, 0.5) is 0 Å². The Bertz CT molecular complexity index is 375. The van der Waals surface area contributed by atoms with Gasteiger partial charge in [0.15, 0.2) is 0 Å². The quantitative estimate of drug-likeness (QED) is 0.625. The van der Waals surface area contributed by atoms with Crippen LogP contribution in [0, 0.1) is 5.41 Å². The molecule has 3 nitrogen and oxygen atoms in total. The van der Waals surface area contributed by atoms with Crippen molar-refractivity contribution in [2.24, 2.45) is 20.6 Å². The van der Waals surface area contributed by atoms with Crippen LogP contribution in [0.3, 0.4) is 0 Å². The van der Waals surface area contributed by atoms with Crippen LogP contribution in [0.2, 0.25) is 0 Å². The number of thioether (sulfide) groups is 1. The Morgan fingerprint density at radius 3 is 2.47 bits per heavy atom. The van der Waals surface area contributed by atoms with Crippen molar-refractivity contribution < 1.29 is 0 Å². The fraction of sp³-hybridized carbons (Fsp3) is 0.545. The topological polar surface area (TPSA) is 37.1 Å². The third-order valence-electron chi connectivity index (χ3n) is 2.58. The molecule has 0 spiro atoms. The van der Waals surface area contributed by atoms with Crippen LogP contribution >= 0.6 is 11.8 Å². The Morgan fingerprint density at radius 1 is 1.40 bits per heavy atom. The first-order chi connectivity index (χ1) is 6.95. The highest BCUT2D eigenvalue weighted by atomic mass is 32.2. The minimum atomic E-state index is -0.136. The molecule has 1 heterocycles. The smallest absolute Gasteiger partial charge is 0.110 e. The summed E-state index contributed by atoms with van der Waals surface area (Å²) >= 11 is 1.66. The zero-order valence-electron chi connectivity index (χ0n) is 9.96. The molecule has 4 heteroatoms. The Kier molecular flexibility index (Phi) is 3.50. The van der Waals surface area contributed by atoms with E-state index in [2.05, 4.69) is 35.6 Å². The monoisotopic (exact) mass is 223 g/mol. The zero-order valence-corrected chi connectivity index (χ0v) is 10.8. The number of azo groups is 1. The molecule has 0 radical (unpaired) electrons. The van der Waals surface area contributed by atoms with Gasteiger partial charge in [0, 0.05) is 12.5 Å². The van der Waals surface area contributed by atoms with Crippen LogP contribution in [-0.2, 0) is 0 Å². The molecule has 0 aromatic rings. The summed E-state index contributed by atoms with van der Waals surface area (Å²) in [4.78, 5) is 4.55. The lowest BCUT2D eigenvalue weighted by Gasteiger charge is -2.32. The second kappa shape index (κ2) is 4.31. The first-order valence-corrected chi connectivity index (χ1v) is 6.01. The normalized spacial score (nSPS) is 21.1. The molecule has 1 aliphatic rings. The lowest BCUT2D eigenvalue weighted by atomic mass is 9.82. The number of allylic oxidation sites excluding steroid dienone is 2. The molecule has 0 N–H and O–H groups in total. The number of hydrogen-bond donors (Lipinski definition) is 0. The minimum Gasteiger partial charge on any atom is -0.248 e. The van der Waals surface area contributed by atoms with E-state index >= 15 is 0 Å². The second-order valence-corrected chi connectivity index (χ2v) is 4.75. The maximum atomic E-state index is 4.55. The van der Waals surface area contributed by atoms with Crippen molar-refractivity contribution in [2.45, 2.75) is 20.8 Å². The molecule has 1 aliphatic heterocycles. The first-order valence-electron chi connectivity index (χ1n) is 4.78. The van der Waals surface area contributed by atoms with Gasteiger partial charge in [0.25, 0.3) is 0 Å². The number of hydrogen-bond acceptors (Lipinski definition) is 4. The Morgan fingerprint density at radius 2 is 2.00 bits per heavy atom. The number of aliphatic imine (C=N–C) groups is 1.